The second kappa shape index (κ2) is 20.0. The SMILES string of the molecule is C.C[C@@H]1CN(Cc2ccccc2)CC1c1nnc(CNC(=O)C2CCOCC2)c(=O)[nH]1.C[C@@H]1CN(Cc2ccccc2)C[C@H]1c1nn2c(C3CCOCC3)ncc2c(=O)[nH]1. The van der Waals surface area contributed by atoms with Crippen LogP contribution in [0.2, 0.25) is 0 Å². The van der Waals surface area contributed by atoms with Crippen molar-refractivity contribution in [1.82, 2.24) is 49.9 Å². The number of hydrogen-bond acceptors (Lipinski definition) is 11. The molecule has 0 radical (unpaired) electrons. The number of imidazole rings is 1. The van der Waals surface area contributed by atoms with Crippen molar-refractivity contribution in [2.24, 2.45) is 17.8 Å². The lowest BCUT2D eigenvalue weighted by molar-refractivity contribution is -0.128. The van der Waals surface area contributed by atoms with Crippen LogP contribution in [0.15, 0.2) is 76.4 Å². The number of likely N-dealkylation sites (tertiary alicyclic amines) is 2. The fraction of sp³-hybridized carbons (Fsp3) is 0.533. The number of carbonyl (C=O) groups is 1. The maximum absolute atomic E-state index is 12.7. The summed E-state index contributed by atoms with van der Waals surface area (Å²) in [4.78, 5) is 52.8. The van der Waals surface area contributed by atoms with Gasteiger partial charge < -0.3 is 24.8 Å². The van der Waals surface area contributed by atoms with E-state index in [2.05, 4.69) is 103 Å². The average Bonchev–Trinajstić information content (AvgIpc) is 3.97. The van der Waals surface area contributed by atoms with Crippen molar-refractivity contribution < 1.29 is 14.3 Å². The summed E-state index contributed by atoms with van der Waals surface area (Å²) in [5.74, 6) is 3.63. The third-order valence-electron chi connectivity index (χ3n) is 12.4. The number of rotatable bonds is 10. The monoisotopic (exact) mass is 820 g/mol. The first-order chi connectivity index (χ1) is 28.8. The number of H-pyrrole nitrogens is 2. The van der Waals surface area contributed by atoms with Gasteiger partial charge in [-0.1, -0.05) is 81.9 Å². The predicted octanol–water partition coefficient (Wildman–Crippen LogP) is 4.63. The first-order valence-corrected chi connectivity index (χ1v) is 21.2. The molecular formula is C45H60N10O5. The largest absolute Gasteiger partial charge is 0.381 e. The minimum absolute atomic E-state index is 0. The minimum atomic E-state index is -0.277. The van der Waals surface area contributed by atoms with Gasteiger partial charge in [0, 0.05) is 89.4 Å². The zero-order valence-corrected chi connectivity index (χ0v) is 34.1. The van der Waals surface area contributed by atoms with Gasteiger partial charge in [0.15, 0.2) is 5.52 Å². The van der Waals surface area contributed by atoms with Gasteiger partial charge in [-0.15, -0.1) is 10.2 Å². The summed E-state index contributed by atoms with van der Waals surface area (Å²) < 4.78 is 12.6. The van der Waals surface area contributed by atoms with Crippen molar-refractivity contribution in [2.75, 3.05) is 52.6 Å². The van der Waals surface area contributed by atoms with E-state index in [-0.39, 0.29) is 54.4 Å². The number of ether oxygens (including phenoxy) is 2. The highest BCUT2D eigenvalue weighted by atomic mass is 16.5. The molecule has 0 spiro atoms. The van der Waals surface area contributed by atoms with Gasteiger partial charge in [0.1, 0.15) is 23.2 Å². The van der Waals surface area contributed by atoms with E-state index in [1.807, 2.05) is 12.1 Å². The summed E-state index contributed by atoms with van der Waals surface area (Å²) in [5.41, 5.74) is 2.98. The summed E-state index contributed by atoms with van der Waals surface area (Å²) >= 11 is 0. The Bertz CT molecular complexity index is 2270. The number of benzene rings is 2. The molecule has 2 aromatic carbocycles. The first kappa shape index (κ1) is 43.0. The number of fused-ring (bicyclic) bond motifs is 1. The second-order valence-corrected chi connectivity index (χ2v) is 16.8. The molecule has 0 aliphatic carbocycles. The molecule has 4 saturated heterocycles. The third-order valence-corrected chi connectivity index (χ3v) is 12.4. The Labute approximate surface area is 351 Å². The topological polar surface area (TPSA) is 176 Å². The van der Waals surface area contributed by atoms with Gasteiger partial charge in [0.05, 0.1) is 12.7 Å². The van der Waals surface area contributed by atoms with Crippen molar-refractivity contribution >= 4 is 11.4 Å². The molecule has 320 valence electrons. The van der Waals surface area contributed by atoms with Crippen LogP contribution in [-0.4, -0.2) is 103 Å². The molecule has 9 rings (SSSR count). The zero-order chi connectivity index (χ0) is 40.7. The van der Waals surface area contributed by atoms with Crippen molar-refractivity contribution in [1.29, 1.82) is 0 Å². The molecule has 7 heterocycles. The van der Waals surface area contributed by atoms with Gasteiger partial charge in [-0.05, 0) is 48.6 Å². The summed E-state index contributed by atoms with van der Waals surface area (Å²) in [6, 6.07) is 20.9. The molecule has 4 aliphatic rings. The Balaban J connectivity index is 0.000000179. The molecule has 4 aliphatic heterocycles. The van der Waals surface area contributed by atoms with Crippen molar-refractivity contribution in [3.63, 3.8) is 0 Å². The smallest absolute Gasteiger partial charge is 0.276 e. The molecule has 1 unspecified atom stereocenters. The Morgan fingerprint density at radius 3 is 1.87 bits per heavy atom. The van der Waals surface area contributed by atoms with Crippen LogP contribution in [0, 0.1) is 17.8 Å². The Hall–Kier alpha value is -5.09. The summed E-state index contributed by atoms with van der Waals surface area (Å²) in [7, 11) is 0. The first-order valence-electron chi connectivity index (χ1n) is 21.2. The van der Waals surface area contributed by atoms with Crippen LogP contribution in [0.5, 0.6) is 0 Å². The Morgan fingerprint density at radius 2 is 1.28 bits per heavy atom. The van der Waals surface area contributed by atoms with E-state index in [0.717, 1.165) is 77.0 Å². The molecule has 60 heavy (non-hydrogen) atoms. The van der Waals surface area contributed by atoms with Gasteiger partial charge in [-0.3, -0.25) is 24.2 Å². The van der Waals surface area contributed by atoms with E-state index in [0.29, 0.717) is 55.2 Å². The highest BCUT2D eigenvalue weighted by Crippen LogP contribution is 2.33. The molecule has 15 nitrogen and oxygen atoms in total. The maximum Gasteiger partial charge on any atom is 0.276 e. The summed E-state index contributed by atoms with van der Waals surface area (Å²) in [5, 5.41) is 16.1. The third kappa shape index (κ3) is 10.3. The van der Waals surface area contributed by atoms with E-state index >= 15 is 0 Å². The molecule has 0 bridgehead atoms. The van der Waals surface area contributed by atoms with Crippen LogP contribution in [0.1, 0.15) is 99.0 Å². The Kier molecular flexibility index (Phi) is 14.3. The molecule has 5 aromatic rings. The number of nitrogens with one attached hydrogen (secondary N) is 3. The van der Waals surface area contributed by atoms with Crippen molar-refractivity contribution in [3.05, 3.63) is 122 Å². The molecule has 1 amide bonds. The van der Waals surface area contributed by atoms with Crippen LogP contribution in [0.4, 0.5) is 0 Å². The quantitative estimate of drug-likeness (QED) is 0.179. The fourth-order valence-corrected chi connectivity index (χ4v) is 9.05. The molecular weight excluding hydrogens is 761 g/mol. The van der Waals surface area contributed by atoms with Gasteiger partial charge in [0.2, 0.25) is 5.91 Å². The van der Waals surface area contributed by atoms with Gasteiger partial charge in [-0.25, -0.2) is 9.50 Å². The zero-order valence-electron chi connectivity index (χ0n) is 34.1. The van der Waals surface area contributed by atoms with E-state index in [9.17, 15) is 14.4 Å². The van der Waals surface area contributed by atoms with Crippen LogP contribution < -0.4 is 16.4 Å². The van der Waals surface area contributed by atoms with Crippen LogP contribution in [-0.2, 0) is 33.9 Å². The summed E-state index contributed by atoms with van der Waals surface area (Å²) in [6.45, 7) is 12.7. The number of amides is 1. The molecule has 0 saturated carbocycles. The van der Waals surface area contributed by atoms with Crippen LogP contribution in [0.25, 0.3) is 5.52 Å². The summed E-state index contributed by atoms with van der Waals surface area (Å²) in [6.07, 6.45) is 4.93. The highest BCUT2D eigenvalue weighted by Gasteiger charge is 2.35. The number of aromatic nitrogens is 7. The number of hydrogen-bond donors (Lipinski definition) is 3. The van der Waals surface area contributed by atoms with Crippen LogP contribution >= 0.6 is 0 Å². The molecule has 3 N–H and O–H groups in total. The molecule has 4 atom stereocenters. The molecule has 3 aromatic heterocycles. The number of nitrogens with zero attached hydrogens (tertiary/aromatic N) is 7. The van der Waals surface area contributed by atoms with E-state index in [1.165, 1.54) is 11.1 Å². The molecule has 4 fully saturated rings. The normalized spacial score (nSPS) is 22.9. The lowest BCUT2D eigenvalue weighted by Gasteiger charge is -2.21. The van der Waals surface area contributed by atoms with Gasteiger partial charge in [-0.2, -0.15) is 5.10 Å². The van der Waals surface area contributed by atoms with Crippen molar-refractivity contribution in [3.8, 4) is 0 Å². The van der Waals surface area contributed by atoms with Gasteiger partial charge >= 0.3 is 0 Å². The highest BCUT2D eigenvalue weighted by molar-refractivity contribution is 5.78. The fourth-order valence-electron chi connectivity index (χ4n) is 9.05. The van der Waals surface area contributed by atoms with E-state index in [1.54, 1.807) is 10.7 Å². The number of carbonyl (C=O) groups excluding carboxylic acids is 1. The molecule has 15 heteroatoms. The standard InChI is InChI=1S/C22H29N5O3.C22H27N5O2.CH4/c1-15-12-27(13-16-5-3-2-4-6-16)14-18(15)20-24-22(29)19(25-26-20)11-23-21(28)17-7-9-30-10-8-17;1-15-12-26(13-16-5-3-2-4-6-16)14-18(15)20-24-22(28)19-11-23-21(27(19)25-20)17-7-9-29-10-8-17;/h2-6,15,17-18H,7-14H2,1H3,(H,23,28)(H,24,26,29);2-6,11,15,17-18H,7-10,12-14H2,1H3,(H,24,25,28);1H4/t15-,18?;15-,18-;/m11./s1. The minimum Gasteiger partial charge on any atom is -0.381 e. The maximum atomic E-state index is 12.7. The predicted molar refractivity (Wildman–Crippen MR) is 228 cm³/mol. The lowest BCUT2D eigenvalue weighted by atomic mass is 9.97. The lowest BCUT2D eigenvalue weighted by Crippen LogP contribution is -2.36. The Morgan fingerprint density at radius 1 is 0.733 bits per heavy atom. The van der Waals surface area contributed by atoms with Gasteiger partial charge in [0.25, 0.3) is 11.1 Å². The van der Waals surface area contributed by atoms with Crippen molar-refractivity contribution in [2.45, 2.75) is 84.3 Å². The van der Waals surface area contributed by atoms with E-state index < -0.39 is 0 Å². The second-order valence-electron chi connectivity index (χ2n) is 16.8. The average molecular weight is 821 g/mol. The van der Waals surface area contributed by atoms with E-state index in [4.69, 9.17) is 14.6 Å². The number of aromatic amines is 2. The van der Waals surface area contributed by atoms with Crippen LogP contribution in [0.3, 0.4) is 0 Å².